The Bertz CT molecular complexity index is 764. The van der Waals surface area contributed by atoms with Gasteiger partial charge >= 0.3 is 12.1 Å². The smallest absolute Gasteiger partial charge is 0.408 e. The molecule has 2 N–H and O–H groups in total. The number of alkyl carbamates (subject to hydrolysis) is 1. The number of carbonyl (C=O) groups excluding carboxylic acids is 2. The van der Waals surface area contributed by atoms with Crippen molar-refractivity contribution in [3.8, 4) is 11.3 Å². The summed E-state index contributed by atoms with van der Waals surface area (Å²) in [6, 6.07) is 1.67. The minimum absolute atomic E-state index is 0.245. The summed E-state index contributed by atoms with van der Waals surface area (Å²) in [5, 5.41) is 13.5. The molecule has 0 radical (unpaired) electrons. The summed E-state index contributed by atoms with van der Waals surface area (Å²) in [5.41, 5.74) is 1.37. The Morgan fingerprint density at radius 1 is 1.35 bits per heavy atom. The topological polar surface area (TPSA) is 93.3 Å². The first-order valence-electron chi connectivity index (χ1n) is 8.60. The third kappa shape index (κ3) is 4.43. The van der Waals surface area contributed by atoms with Crippen molar-refractivity contribution in [3.63, 3.8) is 0 Å². The maximum Gasteiger partial charge on any atom is 0.408 e. The molecule has 1 aliphatic rings. The lowest BCUT2D eigenvalue weighted by Gasteiger charge is -2.24. The van der Waals surface area contributed by atoms with Crippen LogP contribution in [0.15, 0.2) is 23.0 Å². The first-order valence-corrected chi connectivity index (χ1v) is 9.54. The number of nitrogens with one attached hydrogen (secondary N) is 2. The van der Waals surface area contributed by atoms with Crippen molar-refractivity contribution in [2.45, 2.75) is 57.8 Å². The van der Waals surface area contributed by atoms with Crippen molar-refractivity contribution in [3.05, 3.63) is 28.6 Å². The number of amides is 1. The van der Waals surface area contributed by atoms with Crippen LogP contribution in [0.25, 0.3) is 11.3 Å². The number of H-pyrrole nitrogens is 1. The molecule has 2 aromatic rings. The molecule has 1 amide bonds. The van der Waals surface area contributed by atoms with Crippen LogP contribution in [-0.2, 0) is 9.47 Å². The third-order valence-electron chi connectivity index (χ3n) is 4.08. The molecule has 2 heterocycles. The molecule has 0 unspecified atom stereocenters. The number of hydrogen-bond acceptors (Lipinski definition) is 6. The molecule has 0 saturated heterocycles. The van der Waals surface area contributed by atoms with Gasteiger partial charge in [0.2, 0.25) is 0 Å². The summed E-state index contributed by atoms with van der Waals surface area (Å²) in [4.78, 5) is 24.6. The van der Waals surface area contributed by atoms with Gasteiger partial charge in [-0.1, -0.05) is 0 Å². The lowest BCUT2D eigenvalue weighted by molar-refractivity contribution is 0.0196. The largest absolute Gasteiger partial charge is 0.456 e. The minimum atomic E-state index is -0.568. The van der Waals surface area contributed by atoms with Crippen LogP contribution in [0, 0.1) is 0 Å². The molecular formula is C18H23N3O4S. The zero-order chi connectivity index (χ0) is 18.7. The summed E-state index contributed by atoms with van der Waals surface area (Å²) in [6.45, 7) is 5.43. The van der Waals surface area contributed by atoms with Gasteiger partial charge in [-0.25, -0.2) is 9.59 Å². The molecule has 0 spiro atoms. The normalized spacial score (nSPS) is 20.0. The average Bonchev–Trinajstić information content (AvgIpc) is 3.26. The number of rotatable bonds is 4. The lowest BCUT2D eigenvalue weighted by Crippen LogP contribution is -2.44. The van der Waals surface area contributed by atoms with Crippen molar-refractivity contribution in [1.29, 1.82) is 0 Å². The van der Waals surface area contributed by atoms with Crippen LogP contribution in [-0.4, -0.2) is 40.0 Å². The maximum atomic E-state index is 12.6. The van der Waals surface area contributed by atoms with E-state index in [1.54, 1.807) is 11.3 Å². The van der Waals surface area contributed by atoms with Crippen LogP contribution in [0.4, 0.5) is 4.79 Å². The van der Waals surface area contributed by atoms with E-state index >= 15 is 0 Å². The zero-order valence-corrected chi connectivity index (χ0v) is 15.9. The fourth-order valence-electron chi connectivity index (χ4n) is 2.96. The molecule has 1 fully saturated rings. The fourth-order valence-corrected chi connectivity index (χ4v) is 3.61. The highest BCUT2D eigenvalue weighted by Crippen LogP contribution is 2.27. The second-order valence-corrected chi connectivity index (χ2v) is 8.08. The van der Waals surface area contributed by atoms with E-state index in [0.717, 1.165) is 18.4 Å². The predicted molar refractivity (Wildman–Crippen MR) is 98.1 cm³/mol. The average molecular weight is 377 g/mol. The molecule has 2 aromatic heterocycles. The first kappa shape index (κ1) is 18.4. The molecule has 0 bridgehead atoms. The van der Waals surface area contributed by atoms with Gasteiger partial charge in [-0.15, -0.1) is 0 Å². The van der Waals surface area contributed by atoms with Crippen LogP contribution in [0.1, 0.15) is 50.4 Å². The van der Waals surface area contributed by atoms with E-state index in [4.69, 9.17) is 9.47 Å². The standard InChI is InChI=1S/C18H23N3O4S/c1-18(2,3)25-17(23)20-13-5-4-6-14(13)24-16(22)12-9-19-21-15(12)11-7-8-26-10-11/h7-10,13-14H,4-6H2,1-3H3,(H,19,21)(H,20,23)/t13-,14-/m0/s1. The Hall–Kier alpha value is -2.35. The minimum Gasteiger partial charge on any atom is -0.456 e. The fraction of sp³-hybridized carbons (Fsp3) is 0.500. The monoisotopic (exact) mass is 377 g/mol. The molecule has 2 atom stereocenters. The van der Waals surface area contributed by atoms with Crippen molar-refractivity contribution < 1.29 is 19.1 Å². The summed E-state index contributed by atoms with van der Waals surface area (Å²) in [6.07, 6.45) is 2.94. The third-order valence-corrected chi connectivity index (χ3v) is 4.77. The Kier molecular flexibility index (Phi) is 5.31. The number of nitrogens with zero attached hydrogens (tertiary/aromatic N) is 1. The molecule has 1 saturated carbocycles. The number of hydrogen-bond donors (Lipinski definition) is 2. The maximum absolute atomic E-state index is 12.6. The van der Waals surface area contributed by atoms with Crippen molar-refractivity contribution in [2.24, 2.45) is 0 Å². The Morgan fingerprint density at radius 3 is 2.85 bits per heavy atom. The highest BCUT2D eigenvalue weighted by molar-refractivity contribution is 7.08. The van der Waals surface area contributed by atoms with E-state index < -0.39 is 17.7 Å². The molecule has 26 heavy (non-hydrogen) atoms. The van der Waals surface area contributed by atoms with Gasteiger partial charge in [0.15, 0.2) is 0 Å². The number of aromatic amines is 1. The molecule has 0 aliphatic heterocycles. The summed E-state index contributed by atoms with van der Waals surface area (Å²) in [7, 11) is 0. The number of ether oxygens (including phenoxy) is 2. The molecule has 140 valence electrons. The quantitative estimate of drug-likeness (QED) is 0.792. The molecular weight excluding hydrogens is 354 g/mol. The summed E-state index contributed by atoms with van der Waals surface area (Å²) < 4.78 is 11.0. The van der Waals surface area contributed by atoms with Gasteiger partial charge in [0.05, 0.1) is 17.9 Å². The van der Waals surface area contributed by atoms with E-state index in [-0.39, 0.29) is 12.1 Å². The van der Waals surface area contributed by atoms with Crippen LogP contribution >= 0.6 is 11.3 Å². The number of carbonyl (C=O) groups is 2. The predicted octanol–water partition coefficient (Wildman–Crippen LogP) is 3.74. The van der Waals surface area contributed by atoms with Gasteiger partial charge in [0, 0.05) is 10.9 Å². The lowest BCUT2D eigenvalue weighted by atomic mass is 10.1. The van der Waals surface area contributed by atoms with Gasteiger partial charge in [-0.2, -0.15) is 16.4 Å². The van der Waals surface area contributed by atoms with Crippen LogP contribution in [0.5, 0.6) is 0 Å². The van der Waals surface area contributed by atoms with Gasteiger partial charge < -0.3 is 14.8 Å². The zero-order valence-electron chi connectivity index (χ0n) is 15.1. The van der Waals surface area contributed by atoms with Gasteiger partial charge in [0.1, 0.15) is 17.3 Å². The highest BCUT2D eigenvalue weighted by Gasteiger charge is 2.34. The number of esters is 1. The first-order chi connectivity index (χ1) is 12.3. The summed E-state index contributed by atoms with van der Waals surface area (Å²) in [5.74, 6) is -0.442. The van der Waals surface area contributed by atoms with Crippen molar-refractivity contribution in [2.75, 3.05) is 0 Å². The van der Waals surface area contributed by atoms with E-state index in [1.165, 1.54) is 6.20 Å². The van der Waals surface area contributed by atoms with Crippen LogP contribution in [0.3, 0.4) is 0 Å². The second kappa shape index (κ2) is 7.49. The van der Waals surface area contributed by atoms with Crippen LogP contribution in [0.2, 0.25) is 0 Å². The highest BCUT2D eigenvalue weighted by atomic mass is 32.1. The van der Waals surface area contributed by atoms with E-state index in [9.17, 15) is 9.59 Å². The van der Waals surface area contributed by atoms with Crippen molar-refractivity contribution in [1.82, 2.24) is 15.5 Å². The molecule has 8 heteroatoms. The van der Waals surface area contributed by atoms with E-state index in [0.29, 0.717) is 17.7 Å². The molecule has 0 aromatic carbocycles. The Balaban J connectivity index is 1.64. The van der Waals surface area contributed by atoms with Crippen LogP contribution < -0.4 is 5.32 Å². The van der Waals surface area contributed by atoms with Crippen molar-refractivity contribution >= 4 is 23.4 Å². The Morgan fingerprint density at radius 2 is 2.15 bits per heavy atom. The van der Waals surface area contributed by atoms with E-state index in [2.05, 4.69) is 15.5 Å². The number of thiophene rings is 1. The molecule has 7 nitrogen and oxygen atoms in total. The molecule has 1 aliphatic carbocycles. The van der Waals surface area contributed by atoms with Gasteiger partial charge in [-0.3, -0.25) is 5.10 Å². The number of aromatic nitrogens is 2. The van der Waals surface area contributed by atoms with E-state index in [1.807, 2.05) is 37.6 Å². The second-order valence-electron chi connectivity index (χ2n) is 7.30. The summed E-state index contributed by atoms with van der Waals surface area (Å²) >= 11 is 1.54. The molecule has 3 rings (SSSR count). The van der Waals surface area contributed by atoms with Gasteiger partial charge in [0.25, 0.3) is 0 Å². The SMILES string of the molecule is CC(C)(C)OC(=O)N[C@H]1CCC[C@@H]1OC(=O)c1cn[nH]c1-c1ccsc1. The Labute approximate surface area is 156 Å². The van der Waals surface area contributed by atoms with Gasteiger partial charge in [-0.05, 0) is 51.5 Å².